The summed E-state index contributed by atoms with van der Waals surface area (Å²) in [5, 5.41) is 5.60. The molecule has 3 rings (SSSR count). The highest BCUT2D eigenvalue weighted by Gasteiger charge is 2.21. The molecule has 134 valence electrons. The van der Waals surface area contributed by atoms with E-state index in [2.05, 4.69) is 5.32 Å². The Morgan fingerprint density at radius 1 is 1.31 bits per heavy atom. The maximum Gasteiger partial charge on any atom is 0.375 e. The number of furan rings is 1. The predicted molar refractivity (Wildman–Crippen MR) is 97.7 cm³/mol. The monoisotopic (exact) mass is 392 g/mol. The van der Waals surface area contributed by atoms with E-state index < -0.39 is 24.4 Å². The van der Waals surface area contributed by atoms with Crippen molar-refractivity contribution in [1.82, 2.24) is 0 Å². The highest BCUT2D eigenvalue weighted by molar-refractivity contribution is 7.14. The number of carbonyl (C=O) groups is 3. The number of halogens is 1. The summed E-state index contributed by atoms with van der Waals surface area (Å²) in [5.74, 6) is -2.02. The molecule has 26 heavy (non-hydrogen) atoms. The number of carbonyl (C=O) groups excluding carboxylic acids is 3. The maximum atomic E-state index is 12.2. The summed E-state index contributed by atoms with van der Waals surface area (Å²) in [6.45, 7) is 1.16. The first-order chi connectivity index (χ1) is 12.4. The molecule has 0 saturated carbocycles. The summed E-state index contributed by atoms with van der Waals surface area (Å²) in [6, 6.07) is 6.47. The fourth-order valence-corrected chi connectivity index (χ4v) is 3.33. The van der Waals surface area contributed by atoms with Crippen LogP contribution in [0.1, 0.15) is 26.5 Å². The number of aryl methyl sites for hydroxylation is 1. The largest absolute Gasteiger partial charge is 0.450 e. The fourth-order valence-electron chi connectivity index (χ4n) is 2.35. The molecule has 0 atom stereocenters. The SMILES string of the molecule is Cc1c(C(=O)OCC(=O)Nc2sccc2C(N)=O)oc2ccc(Cl)cc12. The maximum absolute atomic E-state index is 12.2. The first-order valence-corrected chi connectivity index (χ1v) is 8.65. The Balaban J connectivity index is 1.67. The molecule has 1 aromatic carbocycles. The van der Waals surface area contributed by atoms with Gasteiger partial charge in [-0.25, -0.2) is 4.79 Å². The smallest absolute Gasteiger partial charge is 0.375 e. The molecule has 0 fully saturated rings. The highest BCUT2D eigenvalue weighted by Crippen LogP contribution is 2.28. The third kappa shape index (κ3) is 3.56. The first kappa shape index (κ1) is 18.0. The number of esters is 1. The van der Waals surface area contributed by atoms with E-state index in [-0.39, 0.29) is 11.3 Å². The Morgan fingerprint density at radius 3 is 2.81 bits per heavy atom. The molecule has 3 aromatic rings. The molecule has 7 nitrogen and oxygen atoms in total. The van der Waals surface area contributed by atoms with Gasteiger partial charge >= 0.3 is 5.97 Å². The lowest BCUT2D eigenvalue weighted by Gasteiger charge is -2.05. The van der Waals surface area contributed by atoms with Gasteiger partial charge in [-0.2, -0.15) is 0 Å². The van der Waals surface area contributed by atoms with E-state index in [0.29, 0.717) is 26.6 Å². The molecular formula is C17H13ClN2O5S. The number of thiophene rings is 1. The van der Waals surface area contributed by atoms with Crippen LogP contribution in [-0.4, -0.2) is 24.4 Å². The van der Waals surface area contributed by atoms with Crippen molar-refractivity contribution in [2.24, 2.45) is 5.73 Å². The van der Waals surface area contributed by atoms with Crippen LogP contribution >= 0.6 is 22.9 Å². The van der Waals surface area contributed by atoms with E-state index in [4.69, 9.17) is 26.5 Å². The van der Waals surface area contributed by atoms with Crippen LogP contribution in [0.2, 0.25) is 5.02 Å². The van der Waals surface area contributed by atoms with Crippen LogP contribution in [0.5, 0.6) is 0 Å². The summed E-state index contributed by atoms with van der Waals surface area (Å²) in [5.41, 5.74) is 6.47. The Hall–Kier alpha value is -2.84. The van der Waals surface area contributed by atoms with Gasteiger partial charge in [-0.1, -0.05) is 11.6 Å². The van der Waals surface area contributed by atoms with Gasteiger partial charge in [0.1, 0.15) is 10.6 Å². The van der Waals surface area contributed by atoms with E-state index in [1.54, 1.807) is 30.5 Å². The van der Waals surface area contributed by atoms with Crippen LogP contribution < -0.4 is 11.1 Å². The summed E-state index contributed by atoms with van der Waals surface area (Å²) < 4.78 is 10.5. The number of nitrogens with one attached hydrogen (secondary N) is 1. The third-order valence-electron chi connectivity index (χ3n) is 3.60. The molecule has 0 radical (unpaired) electrons. The standard InChI is InChI=1S/C17H13ClN2O5S/c1-8-11-6-9(18)2-3-12(11)25-14(8)17(23)24-7-13(21)20-16-10(15(19)22)4-5-26-16/h2-6H,7H2,1H3,(H2,19,22)(H,20,21). The molecule has 3 N–H and O–H groups in total. The van der Waals surface area contributed by atoms with Gasteiger partial charge in [0.15, 0.2) is 6.61 Å². The topological polar surface area (TPSA) is 112 Å². The van der Waals surface area contributed by atoms with Crippen LogP contribution in [-0.2, 0) is 9.53 Å². The zero-order valence-electron chi connectivity index (χ0n) is 13.5. The van der Waals surface area contributed by atoms with Gasteiger partial charge in [-0.15, -0.1) is 11.3 Å². The number of amides is 2. The van der Waals surface area contributed by atoms with Crippen molar-refractivity contribution < 1.29 is 23.5 Å². The number of benzene rings is 1. The van der Waals surface area contributed by atoms with Crippen molar-refractivity contribution in [2.45, 2.75) is 6.92 Å². The first-order valence-electron chi connectivity index (χ1n) is 7.39. The molecular weight excluding hydrogens is 380 g/mol. The number of hydrogen-bond donors (Lipinski definition) is 2. The lowest BCUT2D eigenvalue weighted by atomic mass is 10.1. The lowest BCUT2D eigenvalue weighted by molar-refractivity contribution is -0.119. The Labute approximate surface area is 156 Å². The quantitative estimate of drug-likeness (QED) is 0.646. The van der Waals surface area contributed by atoms with Gasteiger partial charge in [0, 0.05) is 16.0 Å². The molecule has 2 amide bonds. The normalized spacial score (nSPS) is 10.7. The number of rotatable bonds is 5. The summed E-state index contributed by atoms with van der Waals surface area (Å²) >= 11 is 7.08. The van der Waals surface area contributed by atoms with Crippen LogP contribution in [0.25, 0.3) is 11.0 Å². The molecule has 0 unspecified atom stereocenters. The summed E-state index contributed by atoms with van der Waals surface area (Å²) in [4.78, 5) is 35.4. The van der Waals surface area contributed by atoms with Crippen molar-refractivity contribution in [3.05, 3.63) is 51.6 Å². The fraction of sp³-hybridized carbons (Fsp3) is 0.118. The van der Waals surface area contributed by atoms with Crippen LogP contribution in [0.15, 0.2) is 34.1 Å². The van der Waals surface area contributed by atoms with Gasteiger partial charge in [0.05, 0.1) is 5.56 Å². The van der Waals surface area contributed by atoms with E-state index in [1.807, 2.05) is 0 Å². The minimum atomic E-state index is -0.772. The average molecular weight is 393 g/mol. The van der Waals surface area contributed by atoms with Crippen LogP contribution in [0.4, 0.5) is 5.00 Å². The Kier molecular flexibility index (Phi) is 4.97. The van der Waals surface area contributed by atoms with Crippen molar-refractivity contribution in [1.29, 1.82) is 0 Å². The van der Waals surface area contributed by atoms with Crippen LogP contribution in [0.3, 0.4) is 0 Å². The van der Waals surface area contributed by atoms with Gasteiger partial charge in [0.2, 0.25) is 5.76 Å². The number of fused-ring (bicyclic) bond motifs is 1. The second-order valence-electron chi connectivity index (χ2n) is 5.35. The number of anilines is 1. The molecule has 0 bridgehead atoms. The van der Waals surface area contributed by atoms with Gasteiger partial charge in [-0.05, 0) is 36.6 Å². The molecule has 0 saturated heterocycles. The van der Waals surface area contributed by atoms with Crippen molar-refractivity contribution in [2.75, 3.05) is 11.9 Å². The minimum Gasteiger partial charge on any atom is -0.450 e. The van der Waals surface area contributed by atoms with Gasteiger partial charge < -0.3 is 20.2 Å². The molecule has 2 heterocycles. The molecule has 0 spiro atoms. The Morgan fingerprint density at radius 2 is 2.08 bits per heavy atom. The summed E-state index contributed by atoms with van der Waals surface area (Å²) in [6.07, 6.45) is 0. The van der Waals surface area contributed by atoms with Crippen molar-refractivity contribution in [3.63, 3.8) is 0 Å². The van der Waals surface area contributed by atoms with E-state index >= 15 is 0 Å². The van der Waals surface area contributed by atoms with Crippen LogP contribution in [0, 0.1) is 6.92 Å². The van der Waals surface area contributed by atoms with Crippen molar-refractivity contribution in [3.8, 4) is 0 Å². The molecule has 0 aliphatic heterocycles. The second-order valence-corrected chi connectivity index (χ2v) is 6.70. The summed E-state index contributed by atoms with van der Waals surface area (Å²) in [7, 11) is 0. The zero-order valence-corrected chi connectivity index (χ0v) is 15.1. The molecule has 2 aromatic heterocycles. The zero-order chi connectivity index (χ0) is 18.8. The Bertz CT molecular complexity index is 1020. The van der Waals surface area contributed by atoms with E-state index in [0.717, 1.165) is 11.3 Å². The molecule has 9 heteroatoms. The number of primary amides is 1. The molecule has 0 aliphatic carbocycles. The van der Waals surface area contributed by atoms with E-state index in [9.17, 15) is 14.4 Å². The third-order valence-corrected chi connectivity index (χ3v) is 4.67. The predicted octanol–water partition coefficient (Wildman–Crippen LogP) is 3.35. The van der Waals surface area contributed by atoms with Crippen molar-refractivity contribution >= 4 is 56.7 Å². The van der Waals surface area contributed by atoms with E-state index in [1.165, 1.54) is 6.07 Å². The highest BCUT2D eigenvalue weighted by atomic mass is 35.5. The lowest BCUT2D eigenvalue weighted by Crippen LogP contribution is -2.22. The minimum absolute atomic E-state index is 0.00372. The second kappa shape index (κ2) is 7.19. The number of nitrogens with two attached hydrogens (primary N) is 1. The number of hydrogen-bond acceptors (Lipinski definition) is 6. The number of ether oxygens (including phenoxy) is 1. The molecule has 0 aliphatic rings. The van der Waals surface area contributed by atoms with Gasteiger partial charge in [0.25, 0.3) is 11.8 Å². The average Bonchev–Trinajstić information content (AvgIpc) is 3.18. The van der Waals surface area contributed by atoms with Gasteiger partial charge in [-0.3, -0.25) is 9.59 Å².